The molecule has 0 radical (unpaired) electrons. The highest BCUT2D eigenvalue weighted by Crippen LogP contribution is 2.28. The highest BCUT2D eigenvalue weighted by Gasteiger charge is 2.10. The molecule has 0 saturated heterocycles. The molecule has 1 unspecified atom stereocenters. The van der Waals surface area contributed by atoms with E-state index in [9.17, 15) is 0 Å². The number of rotatable bonds is 5. The summed E-state index contributed by atoms with van der Waals surface area (Å²) in [5.41, 5.74) is 6.79. The molecule has 0 aliphatic heterocycles. The van der Waals surface area contributed by atoms with Crippen molar-refractivity contribution < 1.29 is 4.74 Å². The highest BCUT2D eigenvalue weighted by molar-refractivity contribution is 7.09. The predicted octanol–water partition coefficient (Wildman–Crippen LogP) is 3.27. The third kappa shape index (κ3) is 3.45. The van der Waals surface area contributed by atoms with Gasteiger partial charge in [0.15, 0.2) is 0 Å². The molecule has 1 atom stereocenters. The van der Waals surface area contributed by atoms with Crippen molar-refractivity contribution in [2.75, 3.05) is 0 Å². The van der Waals surface area contributed by atoms with E-state index in [-0.39, 0.29) is 6.04 Å². The van der Waals surface area contributed by atoms with Crippen LogP contribution in [0.4, 0.5) is 0 Å². The van der Waals surface area contributed by atoms with E-state index in [1.54, 1.807) is 17.5 Å². The summed E-state index contributed by atoms with van der Waals surface area (Å²) in [4.78, 5) is 4.18. The molecule has 2 N–H and O–H groups in total. The maximum atomic E-state index is 6.19. The Morgan fingerprint density at radius 2 is 2.33 bits per heavy atom. The number of hydrogen-bond donors (Lipinski definition) is 1. The van der Waals surface area contributed by atoms with Crippen LogP contribution in [0.1, 0.15) is 17.5 Å². The Hall–Kier alpha value is -1.10. The summed E-state index contributed by atoms with van der Waals surface area (Å²) in [6.07, 6.45) is 2.47. The normalized spacial score (nSPS) is 12.4. The van der Waals surface area contributed by atoms with Gasteiger partial charge in [-0.2, -0.15) is 0 Å². The molecule has 0 spiro atoms. The Kier molecular flexibility index (Phi) is 4.58. The van der Waals surface area contributed by atoms with Crippen LogP contribution in [0.15, 0.2) is 29.8 Å². The minimum absolute atomic E-state index is 0.0483. The first-order valence-corrected chi connectivity index (χ1v) is 6.96. The van der Waals surface area contributed by atoms with Crippen LogP contribution in [0, 0.1) is 0 Å². The van der Waals surface area contributed by atoms with Gasteiger partial charge in [-0.1, -0.05) is 17.7 Å². The van der Waals surface area contributed by atoms with Gasteiger partial charge in [0, 0.05) is 28.2 Å². The number of benzene rings is 1. The van der Waals surface area contributed by atoms with Crippen molar-refractivity contribution in [3.8, 4) is 5.75 Å². The number of hydrogen-bond acceptors (Lipinski definition) is 4. The van der Waals surface area contributed by atoms with Crippen molar-refractivity contribution in [2.24, 2.45) is 5.73 Å². The van der Waals surface area contributed by atoms with Crippen LogP contribution < -0.4 is 10.5 Å². The SMILES string of the molecule is CC(N)Cc1c(Cl)cccc1OCc1nccs1. The van der Waals surface area contributed by atoms with Gasteiger partial charge in [-0.05, 0) is 25.5 Å². The summed E-state index contributed by atoms with van der Waals surface area (Å²) < 4.78 is 5.77. The molecule has 18 heavy (non-hydrogen) atoms. The van der Waals surface area contributed by atoms with Crippen LogP contribution in [-0.2, 0) is 13.0 Å². The molecule has 0 saturated carbocycles. The number of thiazole rings is 1. The van der Waals surface area contributed by atoms with Crippen LogP contribution in [0.25, 0.3) is 0 Å². The zero-order valence-corrected chi connectivity index (χ0v) is 11.7. The summed E-state index contributed by atoms with van der Waals surface area (Å²) in [7, 11) is 0. The number of aromatic nitrogens is 1. The molecular formula is C13H15ClN2OS. The number of ether oxygens (including phenoxy) is 1. The van der Waals surface area contributed by atoms with Gasteiger partial charge in [0.2, 0.25) is 0 Å². The van der Waals surface area contributed by atoms with Crippen molar-refractivity contribution >= 4 is 22.9 Å². The lowest BCUT2D eigenvalue weighted by molar-refractivity contribution is 0.302. The molecule has 1 heterocycles. The average molecular weight is 283 g/mol. The van der Waals surface area contributed by atoms with E-state index in [4.69, 9.17) is 22.1 Å². The second-order valence-corrected chi connectivity index (χ2v) is 5.50. The average Bonchev–Trinajstić information content (AvgIpc) is 2.82. The van der Waals surface area contributed by atoms with Gasteiger partial charge in [0.05, 0.1) is 0 Å². The molecule has 5 heteroatoms. The van der Waals surface area contributed by atoms with E-state index in [0.29, 0.717) is 18.1 Å². The molecule has 0 fully saturated rings. The van der Waals surface area contributed by atoms with Crippen molar-refractivity contribution in [1.82, 2.24) is 4.98 Å². The molecule has 3 nitrogen and oxygen atoms in total. The fraction of sp³-hybridized carbons (Fsp3) is 0.308. The Morgan fingerprint density at radius 3 is 3.00 bits per heavy atom. The van der Waals surface area contributed by atoms with Gasteiger partial charge >= 0.3 is 0 Å². The summed E-state index contributed by atoms with van der Waals surface area (Å²) in [5, 5.41) is 3.57. The summed E-state index contributed by atoms with van der Waals surface area (Å²) in [6, 6.07) is 5.70. The zero-order valence-electron chi connectivity index (χ0n) is 10.1. The van der Waals surface area contributed by atoms with Gasteiger partial charge in [0.1, 0.15) is 17.4 Å². The standard InChI is InChI=1S/C13H15ClN2OS/c1-9(15)7-10-11(14)3-2-4-12(10)17-8-13-16-5-6-18-13/h2-6,9H,7-8,15H2,1H3. The smallest absolute Gasteiger partial charge is 0.140 e. The molecule has 0 bridgehead atoms. The second kappa shape index (κ2) is 6.18. The lowest BCUT2D eigenvalue weighted by Gasteiger charge is -2.13. The van der Waals surface area contributed by atoms with Crippen LogP contribution in [0.5, 0.6) is 5.75 Å². The van der Waals surface area contributed by atoms with E-state index in [2.05, 4.69) is 4.98 Å². The van der Waals surface area contributed by atoms with Gasteiger partial charge in [-0.3, -0.25) is 0 Å². The predicted molar refractivity (Wildman–Crippen MR) is 75.3 cm³/mol. The first-order chi connectivity index (χ1) is 8.66. The lowest BCUT2D eigenvalue weighted by atomic mass is 10.1. The molecule has 0 aliphatic rings. The van der Waals surface area contributed by atoms with E-state index in [1.165, 1.54) is 0 Å². The maximum Gasteiger partial charge on any atom is 0.140 e. The number of nitrogens with two attached hydrogens (primary N) is 1. The summed E-state index contributed by atoms with van der Waals surface area (Å²) >= 11 is 7.76. The fourth-order valence-electron chi connectivity index (χ4n) is 1.66. The Morgan fingerprint density at radius 1 is 1.50 bits per heavy atom. The third-order valence-corrected chi connectivity index (χ3v) is 3.54. The molecule has 96 valence electrons. The molecule has 1 aromatic heterocycles. The van der Waals surface area contributed by atoms with Crippen molar-refractivity contribution in [1.29, 1.82) is 0 Å². The van der Waals surface area contributed by atoms with Gasteiger partial charge in [0.25, 0.3) is 0 Å². The van der Waals surface area contributed by atoms with Gasteiger partial charge in [-0.25, -0.2) is 4.98 Å². The van der Waals surface area contributed by atoms with E-state index in [1.807, 2.05) is 30.5 Å². The Bertz CT molecular complexity index is 500. The second-order valence-electron chi connectivity index (χ2n) is 4.11. The number of halogens is 1. The number of nitrogens with zero attached hydrogens (tertiary/aromatic N) is 1. The van der Waals surface area contributed by atoms with Gasteiger partial charge in [-0.15, -0.1) is 11.3 Å². The maximum absolute atomic E-state index is 6.19. The molecule has 2 rings (SSSR count). The van der Waals surface area contributed by atoms with Crippen LogP contribution >= 0.6 is 22.9 Å². The van der Waals surface area contributed by atoms with Gasteiger partial charge < -0.3 is 10.5 Å². The van der Waals surface area contributed by atoms with Crippen LogP contribution in [-0.4, -0.2) is 11.0 Å². The van der Waals surface area contributed by atoms with Crippen molar-refractivity contribution in [3.05, 3.63) is 45.4 Å². The fourth-order valence-corrected chi connectivity index (χ4v) is 2.43. The van der Waals surface area contributed by atoms with Crippen molar-refractivity contribution in [3.63, 3.8) is 0 Å². The van der Waals surface area contributed by atoms with E-state index >= 15 is 0 Å². The largest absolute Gasteiger partial charge is 0.486 e. The third-order valence-electron chi connectivity index (χ3n) is 2.44. The van der Waals surface area contributed by atoms with Crippen molar-refractivity contribution in [2.45, 2.75) is 26.0 Å². The minimum Gasteiger partial charge on any atom is -0.486 e. The Balaban J connectivity index is 2.13. The van der Waals surface area contributed by atoms with Crippen LogP contribution in [0.3, 0.4) is 0 Å². The first-order valence-electron chi connectivity index (χ1n) is 5.71. The topological polar surface area (TPSA) is 48.1 Å². The highest BCUT2D eigenvalue weighted by atomic mass is 35.5. The first kappa shape index (κ1) is 13.3. The Labute approximate surface area is 116 Å². The van der Waals surface area contributed by atoms with E-state index in [0.717, 1.165) is 16.3 Å². The lowest BCUT2D eigenvalue weighted by Crippen LogP contribution is -2.18. The van der Waals surface area contributed by atoms with Crippen LogP contribution in [0.2, 0.25) is 5.02 Å². The molecule has 2 aromatic rings. The molecular weight excluding hydrogens is 268 g/mol. The van der Waals surface area contributed by atoms with E-state index < -0.39 is 0 Å². The molecule has 0 amide bonds. The summed E-state index contributed by atoms with van der Waals surface area (Å²) in [5.74, 6) is 0.787. The minimum atomic E-state index is 0.0483. The summed E-state index contributed by atoms with van der Waals surface area (Å²) in [6.45, 7) is 2.41. The zero-order chi connectivity index (χ0) is 13.0. The monoisotopic (exact) mass is 282 g/mol. The molecule has 0 aliphatic carbocycles. The molecule has 1 aromatic carbocycles. The quantitative estimate of drug-likeness (QED) is 0.916.